The molecule has 5 heteroatoms. The van der Waals surface area contributed by atoms with Gasteiger partial charge in [0, 0.05) is 13.0 Å². The molecule has 2 amide bonds. The van der Waals surface area contributed by atoms with Crippen LogP contribution in [0, 0.1) is 5.41 Å². The lowest BCUT2D eigenvalue weighted by Gasteiger charge is -2.17. The Labute approximate surface area is 113 Å². The molecular formula is C14H19N3O2. The Morgan fingerprint density at radius 2 is 2.11 bits per heavy atom. The molecule has 0 bridgehead atoms. The highest BCUT2D eigenvalue weighted by Crippen LogP contribution is 2.32. The minimum absolute atomic E-state index is 0.117. The Balaban J connectivity index is 2.15. The Bertz CT molecular complexity index is 511. The third-order valence-corrected chi connectivity index (χ3v) is 3.20. The van der Waals surface area contributed by atoms with E-state index in [2.05, 4.69) is 10.3 Å². The molecule has 5 nitrogen and oxygen atoms in total. The van der Waals surface area contributed by atoms with Gasteiger partial charge in [0.15, 0.2) is 0 Å². The lowest BCUT2D eigenvalue weighted by Crippen LogP contribution is -2.32. The van der Waals surface area contributed by atoms with Gasteiger partial charge in [0.1, 0.15) is 5.82 Å². The normalized spacial score (nSPS) is 17.9. The summed E-state index contributed by atoms with van der Waals surface area (Å²) in [7, 11) is 0. The third-order valence-electron chi connectivity index (χ3n) is 3.20. The molecular weight excluding hydrogens is 242 g/mol. The molecule has 19 heavy (non-hydrogen) atoms. The first-order chi connectivity index (χ1) is 8.94. The number of rotatable bonds is 4. The summed E-state index contributed by atoms with van der Waals surface area (Å²) >= 11 is 0. The van der Waals surface area contributed by atoms with Gasteiger partial charge < -0.3 is 5.32 Å². The van der Waals surface area contributed by atoms with Crippen LogP contribution in [0.3, 0.4) is 0 Å². The van der Waals surface area contributed by atoms with E-state index in [1.54, 1.807) is 13.8 Å². The molecule has 1 aromatic heterocycles. The molecule has 0 radical (unpaired) electrons. The Morgan fingerprint density at radius 1 is 1.37 bits per heavy atom. The maximum absolute atomic E-state index is 12.1. The van der Waals surface area contributed by atoms with Crippen molar-refractivity contribution in [3.8, 4) is 0 Å². The number of pyridine rings is 1. The summed E-state index contributed by atoms with van der Waals surface area (Å²) < 4.78 is 0. The minimum atomic E-state index is -0.587. The van der Waals surface area contributed by atoms with Gasteiger partial charge in [-0.05, 0) is 19.1 Å². The zero-order valence-electron chi connectivity index (χ0n) is 11.6. The molecule has 0 saturated carbocycles. The van der Waals surface area contributed by atoms with Gasteiger partial charge in [-0.15, -0.1) is 0 Å². The minimum Gasteiger partial charge on any atom is -0.370 e. The molecule has 0 atom stereocenters. The maximum Gasteiger partial charge on any atom is 0.235 e. The van der Waals surface area contributed by atoms with Crippen molar-refractivity contribution < 1.29 is 9.59 Å². The molecule has 0 aromatic carbocycles. The van der Waals surface area contributed by atoms with E-state index in [1.165, 1.54) is 4.90 Å². The van der Waals surface area contributed by atoms with Gasteiger partial charge in [0.05, 0.1) is 17.7 Å². The van der Waals surface area contributed by atoms with Crippen molar-refractivity contribution >= 4 is 17.6 Å². The van der Waals surface area contributed by atoms with Crippen LogP contribution >= 0.6 is 0 Å². The summed E-state index contributed by atoms with van der Waals surface area (Å²) in [6.45, 7) is 6.63. The van der Waals surface area contributed by atoms with E-state index >= 15 is 0 Å². The second-order valence-corrected chi connectivity index (χ2v) is 5.39. The van der Waals surface area contributed by atoms with Crippen molar-refractivity contribution in [3.63, 3.8) is 0 Å². The molecule has 0 unspecified atom stereocenters. The lowest BCUT2D eigenvalue weighted by molar-refractivity contribution is -0.141. The summed E-state index contributed by atoms with van der Waals surface area (Å²) in [5.74, 6) is 0.525. The summed E-state index contributed by atoms with van der Waals surface area (Å²) in [6.07, 6.45) is 0.277. The van der Waals surface area contributed by atoms with Gasteiger partial charge in [-0.2, -0.15) is 0 Å². The Morgan fingerprint density at radius 3 is 2.68 bits per heavy atom. The lowest BCUT2D eigenvalue weighted by atomic mass is 9.92. The van der Waals surface area contributed by atoms with E-state index in [-0.39, 0.29) is 24.8 Å². The number of carbonyl (C=O) groups excluding carboxylic acids is 2. The van der Waals surface area contributed by atoms with Crippen LogP contribution in [-0.4, -0.2) is 28.2 Å². The molecule has 1 aromatic rings. The fourth-order valence-corrected chi connectivity index (χ4v) is 2.20. The van der Waals surface area contributed by atoms with E-state index in [1.807, 2.05) is 25.1 Å². The molecule has 0 aliphatic carbocycles. The van der Waals surface area contributed by atoms with Crippen LogP contribution in [0.15, 0.2) is 18.2 Å². The summed E-state index contributed by atoms with van der Waals surface area (Å²) in [5, 5.41) is 3.11. The summed E-state index contributed by atoms with van der Waals surface area (Å²) in [5.41, 5.74) is 0.133. The van der Waals surface area contributed by atoms with Crippen LogP contribution in [-0.2, 0) is 16.1 Å². The predicted molar refractivity (Wildman–Crippen MR) is 72.4 cm³/mol. The van der Waals surface area contributed by atoms with Gasteiger partial charge in [0.2, 0.25) is 11.8 Å². The highest BCUT2D eigenvalue weighted by Gasteiger charge is 2.44. The van der Waals surface area contributed by atoms with Crippen LogP contribution in [0.2, 0.25) is 0 Å². The largest absolute Gasteiger partial charge is 0.370 e. The number of carbonyl (C=O) groups is 2. The standard InChI is InChI=1S/C14H19N3O2/c1-4-15-11-7-5-6-10(16-11)9-17-12(18)8-14(2,3)13(17)19/h5-7H,4,8-9H2,1-3H3,(H,15,16). The smallest absolute Gasteiger partial charge is 0.235 e. The average molecular weight is 261 g/mol. The molecule has 2 rings (SSSR count). The molecule has 1 fully saturated rings. The number of hydrogen-bond acceptors (Lipinski definition) is 4. The number of likely N-dealkylation sites (tertiary alicyclic amines) is 1. The van der Waals surface area contributed by atoms with E-state index in [0.717, 1.165) is 18.1 Å². The summed E-state index contributed by atoms with van der Waals surface area (Å²) in [4.78, 5) is 29.7. The third kappa shape index (κ3) is 2.75. The number of nitrogens with zero attached hydrogens (tertiary/aromatic N) is 2. The van der Waals surface area contributed by atoms with Crippen molar-refractivity contribution in [3.05, 3.63) is 23.9 Å². The number of hydrogen-bond donors (Lipinski definition) is 1. The van der Waals surface area contributed by atoms with Gasteiger partial charge in [-0.1, -0.05) is 19.9 Å². The van der Waals surface area contributed by atoms with E-state index in [9.17, 15) is 9.59 Å². The molecule has 102 valence electrons. The van der Waals surface area contributed by atoms with E-state index in [0.29, 0.717) is 0 Å². The second kappa shape index (κ2) is 4.99. The Kier molecular flexibility index (Phi) is 3.55. The first-order valence-electron chi connectivity index (χ1n) is 6.48. The second-order valence-electron chi connectivity index (χ2n) is 5.39. The number of imide groups is 1. The van der Waals surface area contributed by atoms with Crippen LogP contribution < -0.4 is 5.32 Å². The van der Waals surface area contributed by atoms with Gasteiger partial charge in [-0.25, -0.2) is 4.98 Å². The monoisotopic (exact) mass is 261 g/mol. The van der Waals surface area contributed by atoms with Gasteiger partial charge in [-0.3, -0.25) is 14.5 Å². The highest BCUT2D eigenvalue weighted by atomic mass is 16.2. The van der Waals surface area contributed by atoms with Crippen molar-refractivity contribution in [1.29, 1.82) is 0 Å². The SMILES string of the molecule is CCNc1cccc(CN2C(=O)CC(C)(C)C2=O)n1. The first kappa shape index (κ1) is 13.5. The van der Waals surface area contributed by atoms with Crippen molar-refractivity contribution in [2.75, 3.05) is 11.9 Å². The number of anilines is 1. The van der Waals surface area contributed by atoms with Gasteiger partial charge in [0.25, 0.3) is 0 Å². The summed E-state index contributed by atoms with van der Waals surface area (Å²) in [6, 6.07) is 5.56. The van der Waals surface area contributed by atoms with Crippen molar-refractivity contribution in [1.82, 2.24) is 9.88 Å². The van der Waals surface area contributed by atoms with Gasteiger partial charge >= 0.3 is 0 Å². The highest BCUT2D eigenvalue weighted by molar-refractivity contribution is 6.05. The molecule has 1 saturated heterocycles. The Hall–Kier alpha value is -1.91. The van der Waals surface area contributed by atoms with Crippen molar-refractivity contribution in [2.24, 2.45) is 5.41 Å². The first-order valence-corrected chi connectivity index (χ1v) is 6.48. The van der Waals surface area contributed by atoms with Crippen LogP contribution in [0.5, 0.6) is 0 Å². The van der Waals surface area contributed by atoms with E-state index in [4.69, 9.17) is 0 Å². The van der Waals surface area contributed by atoms with Crippen LogP contribution in [0.4, 0.5) is 5.82 Å². The van der Waals surface area contributed by atoms with Crippen LogP contribution in [0.25, 0.3) is 0 Å². The zero-order chi connectivity index (χ0) is 14.0. The topological polar surface area (TPSA) is 62.3 Å². The fraction of sp³-hybridized carbons (Fsp3) is 0.500. The van der Waals surface area contributed by atoms with Crippen LogP contribution in [0.1, 0.15) is 32.9 Å². The average Bonchev–Trinajstić information content (AvgIpc) is 2.53. The fourth-order valence-electron chi connectivity index (χ4n) is 2.20. The zero-order valence-corrected chi connectivity index (χ0v) is 11.6. The molecule has 1 N–H and O–H groups in total. The molecule has 1 aliphatic heterocycles. The number of aromatic nitrogens is 1. The quantitative estimate of drug-likeness (QED) is 0.839. The molecule has 2 heterocycles. The molecule has 0 spiro atoms. The maximum atomic E-state index is 12.1. The van der Waals surface area contributed by atoms with Crippen molar-refractivity contribution in [2.45, 2.75) is 33.7 Å². The number of amides is 2. The predicted octanol–water partition coefficient (Wildman–Crippen LogP) is 1.80. The number of nitrogens with one attached hydrogen (secondary N) is 1. The van der Waals surface area contributed by atoms with E-state index < -0.39 is 5.41 Å². The molecule has 1 aliphatic rings.